The Morgan fingerprint density at radius 3 is 2.62 bits per heavy atom. The number of carbonyl (C=O) groups is 1. The number of nitrogens with zero attached hydrogens (tertiary/aromatic N) is 4. The van der Waals surface area contributed by atoms with Crippen molar-refractivity contribution in [3.05, 3.63) is 66.0 Å². The highest BCUT2D eigenvalue weighted by Crippen LogP contribution is 2.15. The Balaban J connectivity index is 1.32. The number of hydrogen-bond acceptors (Lipinski definition) is 3. The van der Waals surface area contributed by atoms with E-state index in [1.165, 1.54) is 0 Å². The maximum absolute atomic E-state index is 12.5. The first-order valence-electron chi connectivity index (χ1n) is 8.96. The van der Waals surface area contributed by atoms with Crippen molar-refractivity contribution in [2.24, 2.45) is 0 Å². The summed E-state index contributed by atoms with van der Waals surface area (Å²) < 4.78 is 1.90. The van der Waals surface area contributed by atoms with Gasteiger partial charge in [0.05, 0.1) is 11.2 Å². The number of hydrogen-bond donors (Lipinski definition) is 1. The van der Waals surface area contributed by atoms with Gasteiger partial charge in [0, 0.05) is 44.6 Å². The molecule has 1 N–H and O–H groups in total. The van der Waals surface area contributed by atoms with Crippen molar-refractivity contribution >= 4 is 17.2 Å². The van der Waals surface area contributed by atoms with E-state index in [-0.39, 0.29) is 6.03 Å². The standard InChI is InChI=1S/C20H23N5O/c1-16-6-2-3-8-19(16)21-20(26)24-12-10-23(11-13-24)15-17-14-18-7-4-5-9-25(18)22-17/h2-9,14H,10-13,15H2,1H3,(H,21,26). The zero-order chi connectivity index (χ0) is 17.9. The molecule has 4 rings (SSSR count). The minimum atomic E-state index is -0.0216. The summed E-state index contributed by atoms with van der Waals surface area (Å²) in [7, 11) is 0. The molecule has 6 nitrogen and oxygen atoms in total. The summed E-state index contributed by atoms with van der Waals surface area (Å²) in [6.07, 6.45) is 1.96. The molecule has 1 fully saturated rings. The average molecular weight is 349 g/mol. The monoisotopic (exact) mass is 349 g/mol. The van der Waals surface area contributed by atoms with Crippen LogP contribution in [0.3, 0.4) is 0 Å². The van der Waals surface area contributed by atoms with E-state index in [9.17, 15) is 4.79 Å². The number of aryl methyl sites for hydroxylation is 1. The summed E-state index contributed by atoms with van der Waals surface area (Å²) in [6.45, 7) is 5.98. The number of nitrogens with one attached hydrogen (secondary N) is 1. The van der Waals surface area contributed by atoms with Gasteiger partial charge in [-0.25, -0.2) is 9.31 Å². The number of aromatic nitrogens is 2. The Morgan fingerprint density at radius 1 is 1.08 bits per heavy atom. The number of piperazine rings is 1. The fourth-order valence-electron chi connectivity index (χ4n) is 3.31. The molecule has 0 radical (unpaired) electrons. The average Bonchev–Trinajstić information content (AvgIpc) is 3.06. The highest BCUT2D eigenvalue weighted by Gasteiger charge is 2.22. The second-order valence-corrected chi connectivity index (χ2v) is 6.71. The van der Waals surface area contributed by atoms with Crippen molar-refractivity contribution in [1.82, 2.24) is 19.4 Å². The quantitative estimate of drug-likeness (QED) is 0.791. The van der Waals surface area contributed by atoms with Crippen LogP contribution in [0.2, 0.25) is 0 Å². The van der Waals surface area contributed by atoms with E-state index >= 15 is 0 Å². The molecule has 3 aromatic rings. The molecule has 3 heterocycles. The summed E-state index contributed by atoms with van der Waals surface area (Å²) in [5.41, 5.74) is 4.13. The number of rotatable bonds is 3. The van der Waals surface area contributed by atoms with E-state index in [1.54, 1.807) is 0 Å². The van der Waals surface area contributed by atoms with Crippen LogP contribution in [0.1, 0.15) is 11.3 Å². The van der Waals surface area contributed by atoms with Crippen molar-refractivity contribution in [2.45, 2.75) is 13.5 Å². The Bertz CT molecular complexity index is 878. The normalized spacial score (nSPS) is 15.3. The van der Waals surface area contributed by atoms with E-state index in [0.29, 0.717) is 0 Å². The maximum atomic E-state index is 12.5. The Kier molecular flexibility index (Phi) is 4.58. The molecule has 0 saturated carbocycles. The largest absolute Gasteiger partial charge is 0.322 e. The zero-order valence-corrected chi connectivity index (χ0v) is 14.9. The molecule has 134 valence electrons. The number of amides is 2. The van der Waals surface area contributed by atoms with Gasteiger partial charge >= 0.3 is 6.03 Å². The summed E-state index contributed by atoms with van der Waals surface area (Å²) in [4.78, 5) is 16.7. The highest BCUT2D eigenvalue weighted by molar-refractivity contribution is 5.90. The van der Waals surface area contributed by atoms with E-state index in [0.717, 1.165) is 55.2 Å². The van der Waals surface area contributed by atoms with Crippen LogP contribution < -0.4 is 5.32 Å². The molecule has 1 saturated heterocycles. The lowest BCUT2D eigenvalue weighted by Crippen LogP contribution is -2.49. The minimum Gasteiger partial charge on any atom is -0.322 e. The summed E-state index contributed by atoms with van der Waals surface area (Å²) in [5.74, 6) is 0. The molecule has 0 aliphatic carbocycles. The molecular formula is C20H23N5O. The second-order valence-electron chi connectivity index (χ2n) is 6.71. The fraction of sp³-hybridized carbons (Fsp3) is 0.300. The van der Waals surface area contributed by atoms with Crippen LogP contribution in [0.15, 0.2) is 54.7 Å². The van der Waals surface area contributed by atoms with Crippen LogP contribution in [0.4, 0.5) is 10.5 Å². The molecule has 26 heavy (non-hydrogen) atoms. The maximum Gasteiger partial charge on any atom is 0.321 e. The first-order chi connectivity index (χ1) is 12.7. The number of urea groups is 1. The third kappa shape index (κ3) is 3.55. The molecule has 1 aromatic carbocycles. The van der Waals surface area contributed by atoms with Gasteiger partial charge < -0.3 is 10.2 Å². The third-order valence-electron chi connectivity index (χ3n) is 4.85. The van der Waals surface area contributed by atoms with Gasteiger partial charge in [-0.3, -0.25) is 4.90 Å². The van der Waals surface area contributed by atoms with Crippen LogP contribution in [0.5, 0.6) is 0 Å². The number of fused-ring (bicyclic) bond motifs is 1. The summed E-state index contributed by atoms with van der Waals surface area (Å²) in [5, 5.41) is 7.62. The predicted molar refractivity (Wildman–Crippen MR) is 102 cm³/mol. The van der Waals surface area contributed by atoms with E-state index in [4.69, 9.17) is 0 Å². The molecule has 1 aliphatic rings. The number of carbonyl (C=O) groups excluding carboxylic acids is 1. The van der Waals surface area contributed by atoms with Crippen molar-refractivity contribution in [2.75, 3.05) is 31.5 Å². The van der Waals surface area contributed by atoms with E-state index in [1.807, 2.05) is 58.9 Å². The first-order valence-corrected chi connectivity index (χ1v) is 8.96. The first kappa shape index (κ1) is 16.6. The molecule has 0 atom stereocenters. The van der Waals surface area contributed by atoms with Gasteiger partial charge in [-0.15, -0.1) is 0 Å². The molecule has 6 heteroatoms. The molecule has 1 aliphatic heterocycles. The van der Waals surface area contributed by atoms with Crippen molar-refractivity contribution in [3.8, 4) is 0 Å². The van der Waals surface area contributed by atoms with Crippen LogP contribution >= 0.6 is 0 Å². The van der Waals surface area contributed by atoms with Gasteiger partial charge in [-0.1, -0.05) is 24.3 Å². The van der Waals surface area contributed by atoms with Gasteiger partial charge in [0.1, 0.15) is 0 Å². The highest BCUT2D eigenvalue weighted by atomic mass is 16.2. The molecule has 0 spiro atoms. The van der Waals surface area contributed by atoms with E-state index in [2.05, 4.69) is 27.4 Å². The molecule has 0 bridgehead atoms. The zero-order valence-electron chi connectivity index (χ0n) is 14.9. The lowest BCUT2D eigenvalue weighted by molar-refractivity contribution is 0.142. The Morgan fingerprint density at radius 2 is 1.85 bits per heavy atom. The number of anilines is 1. The molecule has 2 amide bonds. The van der Waals surface area contributed by atoms with Crippen molar-refractivity contribution in [1.29, 1.82) is 0 Å². The van der Waals surface area contributed by atoms with Gasteiger partial charge in [-0.05, 0) is 36.8 Å². The Hall–Kier alpha value is -2.86. The SMILES string of the molecule is Cc1ccccc1NC(=O)N1CCN(Cc2cc3ccccn3n2)CC1. The number of para-hydroxylation sites is 1. The number of pyridine rings is 1. The van der Waals surface area contributed by atoms with Crippen LogP contribution in [-0.2, 0) is 6.54 Å². The van der Waals surface area contributed by atoms with Crippen molar-refractivity contribution < 1.29 is 4.79 Å². The second kappa shape index (κ2) is 7.17. The summed E-state index contributed by atoms with van der Waals surface area (Å²) >= 11 is 0. The smallest absolute Gasteiger partial charge is 0.321 e. The number of benzene rings is 1. The van der Waals surface area contributed by atoms with Gasteiger partial charge in [-0.2, -0.15) is 5.10 Å². The Labute approximate surface area is 153 Å². The molecule has 0 unspecified atom stereocenters. The lowest BCUT2D eigenvalue weighted by atomic mass is 10.2. The van der Waals surface area contributed by atoms with Crippen LogP contribution in [0, 0.1) is 6.92 Å². The van der Waals surface area contributed by atoms with Crippen LogP contribution in [0.25, 0.3) is 5.52 Å². The molecular weight excluding hydrogens is 326 g/mol. The topological polar surface area (TPSA) is 52.9 Å². The minimum absolute atomic E-state index is 0.0216. The van der Waals surface area contributed by atoms with Gasteiger partial charge in [0.2, 0.25) is 0 Å². The molecule has 2 aromatic heterocycles. The van der Waals surface area contributed by atoms with Crippen molar-refractivity contribution in [3.63, 3.8) is 0 Å². The fourth-order valence-corrected chi connectivity index (χ4v) is 3.31. The van der Waals surface area contributed by atoms with Gasteiger partial charge in [0.15, 0.2) is 0 Å². The van der Waals surface area contributed by atoms with E-state index < -0.39 is 0 Å². The lowest BCUT2D eigenvalue weighted by Gasteiger charge is -2.34. The summed E-state index contributed by atoms with van der Waals surface area (Å²) in [6, 6.07) is 16.0. The van der Waals surface area contributed by atoms with Crippen LogP contribution in [-0.4, -0.2) is 51.6 Å². The third-order valence-corrected chi connectivity index (χ3v) is 4.85. The predicted octanol–water partition coefficient (Wildman–Crippen LogP) is 2.99. The van der Waals surface area contributed by atoms with Gasteiger partial charge in [0.25, 0.3) is 0 Å².